The highest BCUT2D eigenvalue weighted by atomic mass is 16.4. The van der Waals surface area contributed by atoms with Gasteiger partial charge in [-0.25, -0.2) is 0 Å². The Balaban J connectivity index is 4.51. The lowest BCUT2D eigenvalue weighted by molar-refractivity contribution is -0.141. The largest absolute Gasteiger partial charge is 0.481 e. The number of carbonyl (C=O) groups excluding carboxylic acids is 3. The highest BCUT2D eigenvalue weighted by molar-refractivity contribution is 5.92. The Morgan fingerprint density at radius 1 is 1.04 bits per heavy atom. The van der Waals surface area contributed by atoms with Crippen molar-refractivity contribution >= 4 is 29.7 Å². The van der Waals surface area contributed by atoms with Gasteiger partial charge < -0.3 is 31.9 Å². The Labute approximate surface area is 131 Å². The second-order valence-corrected chi connectivity index (χ2v) is 4.60. The molecule has 23 heavy (non-hydrogen) atoms. The van der Waals surface area contributed by atoms with Gasteiger partial charge in [0.2, 0.25) is 17.7 Å². The number of nitrogens with two attached hydrogens (primary N) is 1. The molecule has 0 fully saturated rings. The first-order valence-electron chi connectivity index (χ1n) is 6.68. The van der Waals surface area contributed by atoms with Gasteiger partial charge in [0.15, 0.2) is 0 Å². The van der Waals surface area contributed by atoms with Crippen molar-refractivity contribution in [2.45, 2.75) is 31.8 Å². The van der Waals surface area contributed by atoms with E-state index in [-0.39, 0.29) is 19.4 Å². The molecule has 0 aliphatic carbocycles. The van der Waals surface area contributed by atoms with E-state index in [0.717, 1.165) is 0 Å². The van der Waals surface area contributed by atoms with E-state index in [2.05, 4.69) is 16.0 Å². The zero-order chi connectivity index (χ0) is 18.0. The lowest BCUT2D eigenvalue weighted by atomic mass is 10.1. The SMILES string of the molecule is CC(NC(=O)CNC(=O)C(CCC(=O)O)NC(=O)CN)C(=O)O. The van der Waals surface area contributed by atoms with Crippen LogP contribution in [0.25, 0.3) is 0 Å². The third-order valence-corrected chi connectivity index (χ3v) is 2.66. The summed E-state index contributed by atoms with van der Waals surface area (Å²) in [7, 11) is 0. The van der Waals surface area contributed by atoms with Crippen molar-refractivity contribution in [3.8, 4) is 0 Å². The summed E-state index contributed by atoms with van der Waals surface area (Å²) in [5.74, 6) is -4.56. The smallest absolute Gasteiger partial charge is 0.325 e. The van der Waals surface area contributed by atoms with E-state index in [1.54, 1.807) is 0 Å². The zero-order valence-corrected chi connectivity index (χ0v) is 12.5. The molecule has 0 aromatic rings. The van der Waals surface area contributed by atoms with Crippen LogP contribution < -0.4 is 21.7 Å². The van der Waals surface area contributed by atoms with Gasteiger partial charge in [0.25, 0.3) is 0 Å². The van der Waals surface area contributed by atoms with Gasteiger partial charge in [0.05, 0.1) is 13.1 Å². The summed E-state index contributed by atoms with van der Waals surface area (Å²) in [6.45, 7) is 0.352. The summed E-state index contributed by atoms with van der Waals surface area (Å²) in [5.41, 5.74) is 5.10. The van der Waals surface area contributed by atoms with Crippen LogP contribution in [0, 0.1) is 0 Å². The molecule has 11 nitrogen and oxygen atoms in total. The lowest BCUT2D eigenvalue weighted by Gasteiger charge is -2.17. The van der Waals surface area contributed by atoms with Gasteiger partial charge in [0, 0.05) is 6.42 Å². The number of rotatable bonds is 10. The van der Waals surface area contributed by atoms with Gasteiger partial charge in [0.1, 0.15) is 12.1 Å². The third kappa shape index (κ3) is 9.03. The summed E-state index contributed by atoms with van der Waals surface area (Å²) in [6.07, 6.45) is -0.550. The number of carboxylic acid groups (broad SMARTS) is 2. The van der Waals surface area contributed by atoms with Crippen LogP contribution in [0.3, 0.4) is 0 Å². The fourth-order valence-corrected chi connectivity index (χ4v) is 1.43. The predicted molar refractivity (Wildman–Crippen MR) is 76.1 cm³/mol. The van der Waals surface area contributed by atoms with E-state index in [4.69, 9.17) is 15.9 Å². The van der Waals surface area contributed by atoms with Crippen LogP contribution >= 0.6 is 0 Å². The summed E-state index contributed by atoms with van der Waals surface area (Å²) in [5, 5.41) is 23.8. The first-order valence-corrected chi connectivity index (χ1v) is 6.68. The summed E-state index contributed by atoms with van der Waals surface area (Å²) >= 11 is 0. The van der Waals surface area contributed by atoms with Crippen molar-refractivity contribution in [2.75, 3.05) is 13.1 Å². The minimum Gasteiger partial charge on any atom is -0.481 e. The van der Waals surface area contributed by atoms with Crippen molar-refractivity contribution in [3.05, 3.63) is 0 Å². The van der Waals surface area contributed by atoms with Gasteiger partial charge in [-0.1, -0.05) is 0 Å². The van der Waals surface area contributed by atoms with Gasteiger partial charge in [-0.2, -0.15) is 0 Å². The fraction of sp³-hybridized carbons (Fsp3) is 0.583. The Morgan fingerprint density at radius 2 is 1.65 bits per heavy atom. The van der Waals surface area contributed by atoms with E-state index in [1.165, 1.54) is 6.92 Å². The third-order valence-electron chi connectivity index (χ3n) is 2.66. The topological polar surface area (TPSA) is 188 Å². The zero-order valence-electron chi connectivity index (χ0n) is 12.5. The van der Waals surface area contributed by atoms with E-state index < -0.39 is 48.3 Å². The van der Waals surface area contributed by atoms with Crippen LogP contribution in [0.5, 0.6) is 0 Å². The van der Waals surface area contributed by atoms with Crippen molar-refractivity contribution < 1.29 is 34.2 Å². The second kappa shape index (κ2) is 10.1. The molecule has 0 saturated heterocycles. The number of carbonyl (C=O) groups is 5. The minimum absolute atomic E-state index is 0.181. The predicted octanol–water partition coefficient (Wildman–Crippen LogP) is -3.00. The van der Waals surface area contributed by atoms with Gasteiger partial charge in [-0.15, -0.1) is 0 Å². The van der Waals surface area contributed by atoms with Crippen LogP contribution in [0.4, 0.5) is 0 Å². The number of amides is 3. The maximum atomic E-state index is 11.9. The van der Waals surface area contributed by atoms with Crippen LogP contribution in [0.2, 0.25) is 0 Å². The average molecular weight is 332 g/mol. The molecule has 0 rings (SSSR count). The van der Waals surface area contributed by atoms with Gasteiger partial charge in [-0.05, 0) is 13.3 Å². The van der Waals surface area contributed by atoms with Crippen LogP contribution in [-0.4, -0.2) is 65.0 Å². The molecule has 0 saturated carbocycles. The monoisotopic (exact) mass is 332 g/mol. The number of nitrogens with one attached hydrogen (secondary N) is 3. The van der Waals surface area contributed by atoms with E-state index in [0.29, 0.717) is 0 Å². The molecule has 0 aromatic carbocycles. The molecule has 0 spiro atoms. The molecule has 0 aliphatic rings. The van der Waals surface area contributed by atoms with Crippen molar-refractivity contribution in [2.24, 2.45) is 5.73 Å². The lowest BCUT2D eigenvalue weighted by Crippen LogP contribution is -2.51. The maximum absolute atomic E-state index is 11.9. The van der Waals surface area contributed by atoms with Gasteiger partial charge >= 0.3 is 11.9 Å². The summed E-state index contributed by atoms with van der Waals surface area (Å²) in [4.78, 5) is 55.6. The fourth-order valence-electron chi connectivity index (χ4n) is 1.43. The average Bonchev–Trinajstić information content (AvgIpc) is 2.48. The number of hydrogen-bond donors (Lipinski definition) is 6. The van der Waals surface area contributed by atoms with Crippen molar-refractivity contribution in [1.29, 1.82) is 0 Å². The van der Waals surface area contributed by atoms with Crippen LogP contribution in [0.1, 0.15) is 19.8 Å². The van der Waals surface area contributed by atoms with E-state index in [9.17, 15) is 24.0 Å². The highest BCUT2D eigenvalue weighted by Crippen LogP contribution is 1.98. The molecule has 0 bridgehead atoms. The number of hydrogen-bond acceptors (Lipinski definition) is 6. The Kier molecular flexibility index (Phi) is 8.92. The van der Waals surface area contributed by atoms with E-state index >= 15 is 0 Å². The molecule has 130 valence electrons. The van der Waals surface area contributed by atoms with Crippen molar-refractivity contribution in [1.82, 2.24) is 16.0 Å². The summed E-state index contributed by atoms with van der Waals surface area (Å²) < 4.78 is 0. The highest BCUT2D eigenvalue weighted by Gasteiger charge is 2.22. The molecule has 7 N–H and O–H groups in total. The normalized spacial score (nSPS) is 12.6. The number of aliphatic carboxylic acids is 2. The molecule has 0 aromatic heterocycles. The molecule has 2 unspecified atom stereocenters. The van der Waals surface area contributed by atoms with E-state index in [1.807, 2.05) is 0 Å². The van der Waals surface area contributed by atoms with Crippen molar-refractivity contribution in [3.63, 3.8) is 0 Å². The standard InChI is InChI=1S/C12H20N4O7/c1-6(12(22)23)15-9(18)5-14-11(21)7(2-3-10(19)20)16-8(17)4-13/h6-7H,2-5,13H2,1H3,(H,14,21)(H,15,18)(H,16,17)(H,19,20)(H,22,23). The Hall–Kier alpha value is -2.69. The van der Waals surface area contributed by atoms with Gasteiger partial charge in [-0.3, -0.25) is 24.0 Å². The Morgan fingerprint density at radius 3 is 2.13 bits per heavy atom. The first-order chi connectivity index (χ1) is 10.7. The molecule has 0 aliphatic heterocycles. The Bertz CT molecular complexity index is 480. The molecule has 0 radical (unpaired) electrons. The molecule has 2 atom stereocenters. The molecular formula is C12H20N4O7. The molecule has 11 heteroatoms. The van der Waals surface area contributed by atoms with Crippen LogP contribution in [0.15, 0.2) is 0 Å². The second-order valence-electron chi connectivity index (χ2n) is 4.60. The molecular weight excluding hydrogens is 312 g/mol. The number of carboxylic acids is 2. The summed E-state index contributed by atoms with van der Waals surface area (Å²) in [6, 6.07) is -2.29. The first kappa shape index (κ1) is 20.3. The maximum Gasteiger partial charge on any atom is 0.325 e. The quantitative estimate of drug-likeness (QED) is 0.244. The molecule has 3 amide bonds. The minimum atomic E-state index is -1.24. The molecule has 0 heterocycles. The van der Waals surface area contributed by atoms with Crippen LogP contribution in [-0.2, 0) is 24.0 Å².